The summed E-state index contributed by atoms with van der Waals surface area (Å²) in [5, 5.41) is 12.8. The van der Waals surface area contributed by atoms with Gasteiger partial charge in [0, 0.05) is 17.3 Å². The van der Waals surface area contributed by atoms with Crippen molar-refractivity contribution in [3.63, 3.8) is 0 Å². The standard InChI is InChI=1S/C23H22F2N2O2/c1-14-3-8-21(26-13-14)17-9-18(22(28)12-24)11-19(10-17)23(29)27-15(2)16-4-6-20(25)7-5-16/h3-11,13,15,22,28H,12H2,1-2H3,(H,27,29). The molecule has 6 heteroatoms. The molecule has 1 heterocycles. The Hall–Kier alpha value is -3.12. The summed E-state index contributed by atoms with van der Waals surface area (Å²) < 4.78 is 26.2. The molecule has 0 fully saturated rings. The molecule has 29 heavy (non-hydrogen) atoms. The quantitative estimate of drug-likeness (QED) is 0.635. The molecule has 2 N–H and O–H groups in total. The fourth-order valence-electron chi connectivity index (χ4n) is 2.97. The molecule has 2 unspecified atom stereocenters. The molecule has 4 nitrogen and oxygen atoms in total. The maximum absolute atomic E-state index is 13.1. The molecule has 0 saturated carbocycles. The van der Waals surface area contributed by atoms with Gasteiger partial charge in [-0.25, -0.2) is 8.78 Å². The van der Waals surface area contributed by atoms with Gasteiger partial charge in [0.25, 0.3) is 5.91 Å². The lowest BCUT2D eigenvalue weighted by Crippen LogP contribution is -2.27. The molecule has 150 valence electrons. The third kappa shape index (κ3) is 5.03. The second kappa shape index (κ2) is 8.92. The van der Waals surface area contributed by atoms with Gasteiger partial charge in [-0.3, -0.25) is 9.78 Å². The van der Waals surface area contributed by atoms with Crippen LogP contribution in [0.2, 0.25) is 0 Å². The van der Waals surface area contributed by atoms with Crippen LogP contribution in [0.3, 0.4) is 0 Å². The predicted molar refractivity (Wildman–Crippen MR) is 108 cm³/mol. The molecule has 3 rings (SSSR count). The van der Waals surface area contributed by atoms with E-state index >= 15 is 0 Å². The first-order chi connectivity index (χ1) is 13.9. The van der Waals surface area contributed by atoms with Crippen molar-refractivity contribution < 1.29 is 18.7 Å². The predicted octanol–water partition coefficient (Wildman–Crippen LogP) is 4.69. The van der Waals surface area contributed by atoms with E-state index in [1.165, 1.54) is 18.2 Å². The summed E-state index contributed by atoms with van der Waals surface area (Å²) in [5.74, 6) is -0.737. The Morgan fingerprint density at radius 1 is 1.10 bits per heavy atom. The maximum Gasteiger partial charge on any atom is 0.251 e. The van der Waals surface area contributed by atoms with Crippen molar-refractivity contribution in [2.75, 3.05) is 6.67 Å². The lowest BCUT2D eigenvalue weighted by Gasteiger charge is -2.16. The van der Waals surface area contributed by atoms with Gasteiger partial charge in [0.2, 0.25) is 0 Å². The fraction of sp³-hybridized carbons (Fsp3) is 0.217. The van der Waals surface area contributed by atoms with Gasteiger partial charge in [-0.1, -0.05) is 18.2 Å². The number of halogens is 2. The summed E-state index contributed by atoms with van der Waals surface area (Å²) in [6.07, 6.45) is 0.366. The van der Waals surface area contributed by atoms with Crippen LogP contribution in [0, 0.1) is 12.7 Å². The Balaban J connectivity index is 1.92. The van der Waals surface area contributed by atoms with E-state index in [1.807, 2.05) is 13.0 Å². The molecule has 2 atom stereocenters. The Morgan fingerprint density at radius 2 is 1.83 bits per heavy atom. The largest absolute Gasteiger partial charge is 0.386 e. The third-order valence-corrected chi connectivity index (χ3v) is 4.67. The van der Waals surface area contributed by atoms with Crippen molar-refractivity contribution in [3.8, 4) is 11.3 Å². The Morgan fingerprint density at radius 3 is 2.45 bits per heavy atom. The number of nitrogens with zero attached hydrogens (tertiary/aromatic N) is 1. The van der Waals surface area contributed by atoms with E-state index in [0.29, 0.717) is 16.8 Å². The monoisotopic (exact) mass is 396 g/mol. The van der Waals surface area contributed by atoms with Crippen molar-refractivity contribution in [2.24, 2.45) is 0 Å². The number of benzene rings is 2. The topological polar surface area (TPSA) is 62.2 Å². The van der Waals surface area contributed by atoms with Crippen LogP contribution in [0.15, 0.2) is 60.8 Å². The minimum atomic E-state index is -1.33. The smallest absolute Gasteiger partial charge is 0.251 e. The van der Waals surface area contributed by atoms with E-state index in [0.717, 1.165) is 11.1 Å². The summed E-state index contributed by atoms with van der Waals surface area (Å²) in [4.78, 5) is 17.2. The highest BCUT2D eigenvalue weighted by atomic mass is 19.1. The zero-order chi connectivity index (χ0) is 21.0. The third-order valence-electron chi connectivity index (χ3n) is 4.67. The first kappa shape index (κ1) is 20.6. The summed E-state index contributed by atoms with van der Waals surface area (Å²) in [5.41, 5.74) is 3.53. The summed E-state index contributed by atoms with van der Waals surface area (Å²) in [7, 11) is 0. The number of aromatic nitrogens is 1. The van der Waals surface area contributed by atoms with Gasteiger partial charge >= 0.3 is 0 Å². The first-order valence-corrected chi connectivity index (χ1v) is 9.25. The van der Waals surface area contributed by atoms with Crippen LogP contribution in [-0.2, 0) is 0 Å². The molecule has 2 aromatic carbocycles. The Labute approximate surface area is 168 Å². The van der Waals surface area contributed by atoms with Crippen LogP contribution < -0.4 is 5.32 Å². The zero-order valence-corrected chi connectivity index (χ0v) is 16.2. The molecule has 3 aromatic rings. The first-order valence-electron chi connectivity index (χ1n) is 9.25. The molecular formula is C23H22F2N2O2. The highest BCUT2D eigenvalue weighted by molar-refractivity contribution is 5.96. The van der Waals surface area contributed by atoms with Gasteiger partial charge in [-0.15, -0.1) is 0 Å². The van der Waals surface area contributed by atoms with Gasteiger partial charge < -0.3 is 10.4 Å². The van der Waals surface area contributed by atoms with E-state index in [2.05, 4.69) is 10.3 Å². The van der Waals surface area contributed by atoms with E-state index in [9.17, 15) is 18.7 Å². The molecule has 1 amide bonds. The molecule has 0 aliphatic heterocycles. The van der Waals surface area contributed by atoms with Crippen molar-refractivity contribution in [2.45, 2.75) is 26.0 Å². The van der Waals surface area contributed by atoms with Crippen LogP contribution in [0.4, 0.5) is 8.78 Å². The van der Waals surface area contributed by atoms with E-state index in [4.69, 9.17) is 0 Å². The summed E-state index contributed by atoms with van der Waals surface area (Å²) in [6, 6.07) is 13.9. The number of rotatable bonds is 6. The molecule has 0 saturated heterocycles. The maximum atomic E-state index is 13.1. The number of alkyl halides is 1. The average Bonchev–Trinajstić information content (AvgIpc) is 2.73. The van der Waals surface area contributed by atoms with Crippen LogP contribution in [-0.4, -0.2) is 22.7 Å². The lowest BCUT2D eigenvalue weighted by atomic mass is 9.99. The molecular weight excluding hydrogens is 374 g/mol. The number of carbonyl (C=O) groups is 1. The van der Waals surface area contributed by atoms with E-state index < -0.39 is 12.8 Å². The number of aliphatic hydroxyl groups excluding tert-OH is 1. The van der Waals surface area contributed by atoms with Crippen molar-refractivity contribution in [1.82, 2.24) is 10.3 Å². The van der Waals surface area contributed by atoms with Crippen molar-refractivity contribution in [3.05, 3.63) is 88.9 Å². The highest BCUT2D eigenvalue weighted by Crippen LogP contribution is 2.25. The Bertz CT molecular complexity index is 989. The molecule has 0 bridgehead atoms. The van der Waals surface area contributed by atoms with Crippen LogP contribution in [0.5, 0.6) is 0 Å². The molecule has 0 radical (unpaired) electrons. The summed E-state index contributed by atoms with van der Waals surface area (Å²) in [6.45, 7) is 2.74. The molecule has 0 spiro atoms. The van der Waals surface area contributed by atoms with E-state index in [-0.39, 0.29) is 23.3 Å². The molecule has 1 aromatic heterocycles. The normalized spacial score (nSPS) is 13.0. The van der Waals surface area contributed by atoms with Gasteiger partial charge in [0.1, 0.15) is 18.6 Å². The highest BCUT2D eigenvalue weighted by Gasteiger charge is 2.17. The second-order valence-corrected chi connectivity index (χ2v) is 6.98. The minimum Gasteiger partial charge on any atom is -0.386 e. The van der Waals surface area contributed by atoms with Crippen LogP contribution >= 0.6 is 0 Å². The van der Waals surface area contributed by atoms with Crippen molar-refractivity contribution in [1.29, 1.82) is 0 Å². The number of hydrogen-bond acceptors (Lipinski definition) is 3. The van der Waals surface area contributed by atoms with Crippen molar-refractivity contribution >= 4 is 5.91 Å². The SMILES string of the molecule is Cc1ccc(-c2cc(C(=O)NC(C)c3ccc(F)cc3)cc(C(O)CF)c2)nc1. The Kier molecular flexibility index (Phi) is 6.34. The number of amides is 1. The number of carbonyl (C=O) groups excluding carboxylic acids is 1. The van der Waals surface area contributed by atoms with Crippen LogP contribution in [0.25, 0.3) is 11.3 Å². The van der Waals surface area contributed by atoms with Crippen LogP contribution in [0.1, 0.15) is 46.1 Å². The zero-order valence-electron chi connectivity index (χ0n) is 16.2. The van der Waals surface area contributed by atoms with Gasteiger partial charge in [-0.05, 0) is 66.9 Å². The number of nitrogens with one attached hydrogen (secondary N) is 1. The number of aryl methyl sites for hydroxylation is 1. The second-order valence-electron chi connectivity index (χ2n) is 6.98. The van der Waals surface area contributed by atoms with E-state index in [1.54, 1.807) is 43.5 Å². The lowest BCUT2D eigenvalue weighted by molar-refractivity contribution is 0.0939. The number of aliphatic hydroxyl groups is 1. The number of pyridine rings is 1. The van der Waals surface area contributed by atoms with Gasteiger partial charge in [0.05, 0.1) is 11.7 Å². The fourth-order valence-corrected chi connectivity index (χ4v) is 2.97. The number of hydrogen-bond donors (Lipinski definition) is 2. The molecule has 0 aliphatic carbocycles. The minimum absolute atomic E-state index is 0.279. The van der Waals surface area contributed by atoms with Gasteiger partial charge in [0.15, 0.2) is 0 Å². The molecule has 0 aliphatic rings. The van der Waals surface area contributed by atoms with Gasteiger partial charge in [-0.2, -0.15) is 0 Å². The average molecular weight is 396 g/mol. The summed E-state index contributed by atoms with van der Waals surface area (Å²) >= 11 is 0.